The molecule has 33 heavy (non-hydrogen) atoms. The van der Waals surface area contributed by atoms with Crippen LogP contribution in [0.15, 0.2) is 53.5 Å². The number of benzene rings is 2. The van der Waals surface area contributed by atoms with Crippen molar-refractivity contribution in [2.75, 3.05) is 0 Å². The fraction of sp³-hybridized carbons (Fsp3) is 0.320. The van der Waals surface area contributed by atoms with Crippen molar-refractivity contribution in [3.63, 3.8) is 0 Å². The smallest absolute Gasteiger partial charge is 0.275 e. The standard InChI is InChI=1S/C25H23N7O/c1-30-14-19-12-20(10-11-21(19)27-30)32-25(33)22(18-8-6-17(7-9-18)16-4-5-16)23-24(28-32)26-29-31(23)13-15-2-3-15/h6-12,14-16H,2-5,13H2,1H3. The topological polar surface area (TPSA) is 83.4 Å². The number of nitrogens with zero attached hydrogens (tertiary/aromatic N) is 7. The van der Waals surface area contributed by atoms with Gasteiger partial charge in [-0.2, -0.15) is 9.78 Å². The zero-order valence-electron chi connectivity index (χ0n) is 18.3. The summed E-state index contributed by atoms with van der Waals surface area (Å²) in [6, 6.07) is 14.2. The van der Waals surface area contributed by atoms with E-state index in [1.165, 1.54) is 35.9 Å². The summed E-state index contributed by atoms with van der Waals surface area (Å²) >= 11 is 0. The summed E-state index contributed by atoms with van der Waals surface area (Å²) in [7, 11) is 1.89. The van der Waals surface area contributed by atoms with Gasteiger partial charge in [0.15, 0.2) is 0 Å². The second kappa shape index (κ2) is 6.84. The molecule has 3 heterocycles. The Morgan fingerprint density at radius 1 is 1.00 bits per heavy atom. The Hall–Kier alpha value is -3.81. The third kappa shape index (κ3) is 3.16. The van der Waals surface area contributed by atoms with Crippen LogP contribution in [0.4, 0.5) is 0 Å². The number of hydrogen-bond donors (Lipinski definition) is 0. The van der Waals surface area contributed by atoms with Crippen LogP contribution in [-0.2, 0) is 13.6 Å². The van der Waals surface area contributed by atoms with Gasteiger partial charge in [0, 0.05) is 25.2 Å². The molecule has 164 valence electrons. The van der Waals surface area contributed by atoms with Crippen molar-refractivity contribution in [2.24, 2.45) is 13.0 Å². The first-order valence-electron chi connectivity index (χ1n) is 11.5. The van der Waals surface area contributed by atoms with E-state index in [-0.39, 0.29) is 5.56 Å². The lowest BCUT2D eigenvalue weighted by molar-refractivity contribution is 0.559. The molecule has 0 unspecified atom stereocenters. The molecule has 2 saturated carbocycles. The van der Waals surface area contributed by atoms with Gasteiger partial charge in [0.25, 0.3) is 5.56 Å². The number of hydrogen-bond acceptors (Lipinski definition) is 5. The first kappa shape index (κ1) is 18.7. The van der Waals surface area contributed by atoms with E-state index in [1.54, 1.807) is 4.68 Å². The van der Waals surface area contributed by atoms with Gasteiger partial charge >= 0.3 is 0 Å². The first-order valence-corrected chi connectivity index (χ1v) is 11.5. The SMILES string of the molecule is Cn1cc2cc(-n3nc4nnn(CC5CC5)c4c(-c4ccc(C5CC5)cc4)c3=O)ccc2n1. The van der Waals surface area contributed by atoms with E-state index in [1.807, 2.05) is 36.1 Å². The van der Waals surface area contributed by atoms with Crippen LogP contribution in [0, 0.1) is 5.92 Å². The molecule has 0 bridgehead atoms. The highest BCUT2D eigenvalue weighted by Crippen LogP contribution is 2.40. The molecule has 0 amide bonds. The van der Waals surface area contributed by atoms with Crippen molar-refractivity contribution >= 4 is 22.1 Å². The lowest BCUT2D eigenvalue weighted by Gasteiger charge is -2.11. The van der Waals surface area contributed by atoms with Crippen molar-refractivity contribution in [2.45, 2.75) is 38.1 Å². The fourth-order valence-corrected chi connectivity index (χ4v) is 4.67. The van der Waals surface area contributed by atoms with Gasteiger partial charge in [-0.3, -0.25) is 9.48 Å². The monoisotopic (exact) mass is 437 g/mol. The Morgan fingerprint density at radius 2 is 1.82 bits per heavy atom. The maximum Gasteiger partial charge on any atom is 0.281 e. The quantitative estimate of drug-likeness (QED) is 0.417. The number of aryl methyl sites for hydroxylation is 1. The molecule has 0 spiro atoms. The molecule has 0 radical (unpaired) electrons. The third-order valence-corrected chi connectivity index (χ3v) is 6.78. The summed E-state index contributed by atoms with van der Waals surface area (Å²) in [5.41, 5.74) is 5.45. The lowest BCUT2D eigenvalue weighted by Crippen LogP contribution is -2.24. The highest BCUT2D eigenvalue weighted by Gasteiger charge is 2.27. The van der Waals surface area contributed by atoms with E-state index >= 15 is 0 Å². The zero-order chi connectivity index (χ0) is 22.1. The zero-order valence-corrected chi connectivity index (χ0v) is 18.3. The average Bonchev–Trinajstić information content (AvgIpc) is 3.74. The van der Waals surface area contributed by atoms with Crippen molar-refractivity contribution in [1.82, 2.24) is 34.6 Å². The molecule has 5 aromatic rings. The van der Waals surface area contributed by atoms with Gasteiger partial charge in [0.05, 0.1) is 16.8 Å². The Bertz CT molecular complexity index is 1580. The van der Waals surface area contributed by atoms with Crippen LogP contribution >= 0.6 is 0 Å². The molecule has 2 aliphatic carbocycles. The molecule has 8 heteroatoms. The fourth-order valence-electron chi connectivity index (χ4n) is 4.67. The van der Waals surface area contributed by atoms with Gasteiger partial charge < -0.3 is 0 Å². The largest absolute Gasteiger partial charge is 0.281 e. The summed E-state index contributed by atoms with van der Waals surface area (Å²) in [6.07, 6.45) is 6.83. The van der Waals surface area contributed by atoms with E-state index in [0.29, 0.717) is 28.7 Å². The van der Waals surface area contributed by atoms with Crippen molar-refractivity contribution in [3.05, 3.63) is 64.6 Å². The molecule has 8 nitrogen and oxygen atoms in total. The van der Waals surface area contributed by atoms with Crippen molar-refractivity contribution < 1.29 is 0 Å². The van der Waals surface area contributed by atoms with E-state index in [2.05, 4.69) is 44.8 Å². The minimum atomic E-state index is -0.163. The summed E-state index contributed by atoms with van der Waals surface area (Å²) in [4.78, 5) is 13.9. The normalized spacial score (nSPS) is 16.2. The van der Waals surface area contributed by atoms with E-state index in [4.69, 9.17) is 0 Å². The molecule has 2 aliphatic rings. The van der Waals surface area contributed by atoms with Crippen molar-refractivity contribution in [1.29, 1.82) is 0 Å². The molecule has 7 rings (SSSR count). The van der Waals surface area contributed by atoms with Crippen LogP contribution in [0.2, 0.25) is 0 Å². The summed E-state index contributed by atoms with van der Waals surface area (Å²) in [6.45, 7) is 0.774. The summed E-state index contributed by atoms with van der Waals surface area (Å²) in [5, 5.41) is 18.8. The van der Waals surface area contributed by atoms with E-state index in [0.717, 1.165) is 28.5 Å². The van der Waals surface area contributed by atoms with Crippen LogP contribution in [0.3, 0.4) is 0 Å². The Balaban J connectivity index is 1.45. The minimum Gasteiger partial charge on any atom is -0.275 e. The second-order valence-electron chi connectivity index (χ2n) is 9.42. The predicted octanol–water partition coefficient (Wildman–Crippen LogP) is 3.82. The van der Waals surface area contributed by atoms with Crippen LogP contribution in [0.5, 0.6) is 0 Å². The van der Waals surface area contributed by atoms with Gasteiger partial charge in [0.1, 0.15) is 5.52 Å². The molecule has 2 fully saturated rings. The maximum atomic E-state index is 13.9. The van der Waals surface area contributed by atoms with Gasteiger partial charge in [-0.1, -0.05) is 29.5 Å². The van der Waals surface area contributed by atoms with Gasteiger partial charge in [-0.15, -0.1) is 10.2 Å². The summed E-state index contributed by atoms with van der Waals surface area (Å²) < 4.78 is 5.10. The Labute approximate surface area is 189 Å². The van der Waals surface area contributed by atoms with Gasteiger partial charge in [-0.05, 0) is 66.8 Å². The third-order valence-electron chi connectivity index (χ3n) is 6.78. The average molecular weight is 438 g/mol. The van der Waals surface area contributed by atoms with Crippen LogP contribution < -0.4 is 5.56 Å². The van der Waals surface area contributed by atoms with Crippen LogP contribution in [-0.4, -0.2) is 34.6 Å². The lowest BCUT2D eigenvalue weighted by atomic mass is 10.0. The van der Waals surface area contributed by atoms with Gasteiger partial charge in [-0.25, -0.2) is 4.68 Å². The molecular formula is C25H23N7O. The molecule has 3 aromatic heterocycles. The molecule has 0 aliphatic heterocycles. The first-order chi connectivity index (χ1) is 16.1. The molecular weight excluding hydrogens is 414 g/mol. The number of aromatic nitrogens is 7. The second-order valence-corrected chi connectivity index (χ2v) is 9.42. The maximum absolute atomic E-state index is 13.9. The van der Waals surface area contributed by atoms with Crippen LogP contribution in [0.25, 0.3) is 38.9 Å². The minimum absolute atomic E-state index is 0.163. The van der Waals surface area contributed by atoms with Crippen molar-refractivity contribution in [3.8, 4) is 16.8 Å². The highest BCUT2D eigenvalue weighted by molar-refractivity contribution is 5.89. The predicted molar refractivity (Wildman–Crippen MR) is 125 cm³/mol. The Kier molecular flexibility index (Phi) is 3.88. The number of rotatable bonds is 5. The Morgan fingerprint density at radius 3 is 2.58 bits per heavy atom. The number of fused-ring (bicyclic) bond motifs is 2. The highest BCUT2D eigenvalue weighted by atomic mass is 16.1. The molecule has 0 N–H and O–H groups in total. The molecule has 0 saturated heterocycles. The summed E-state index contributed by atoms with van der Waals surface area (Å²) in [5.74, 6) is 1.27. The van der Waals surface area contributed by atoms with E-state index < -0.39 is 0 Å². The van der Waals surface area contributed by atoms with Gasteiger partial charge in [0.2, 0.25) is 5.65 Å². The molecule has 2 aromatic carbocycles. The van der Waals surface area contributed by atoms with Crippen LogP contribution in [0.1, 0.15) is 37.2 Å². The molecule has 0 atom stereocenters. The van der Waals surface area contributed by atoms with E-state index in [9.17, 15) is 4.79 Å².